The topological polar surface area (TPSA) is 52.2 Å². The lowest BCUT2D eigenvalue weighted by Crippen LogP contribution is -3.16. The average molecular weight is 273 g/mol. The summed E-state index contributed by atoms with van der Waals surface area (Å²) in [5.41, 5.74) is 0.651. The first-order valence-electron chi connectivity index (χ1n) is 7.46. The van der Waals surface area contributed by atoms with Crippen LogP contribution in [0.3, 0.4) is 0 Å². The van der Waals surface area contributed by atoms with Crippen LogP contribution >= 0.6 is 0 Å². The zero-order chi connectivity index (χ0) is 13.9. The van der Waals surface area contributed by atoms with Crippen molar-refractivity contribution in [3.63, 3.8) is 0 Å². The molecular formula is C15H21N4O+. The molecule has 0 bridgehead atoms. The molecule has 1 unspecified atom stereocenters. The molecule has 5 heteroatoms. The summed E-state index contributed by atoms with van der Waals surface area (Å²) >= 11 is 0. The fourth-order valence-corrected chi connectivity index (χ4v) is 3.17. The highest BCUT2D eigenvalue weighted by atomic mass is 16.1. The third-order valence-electron chi connectivity index (χ3n) is 4.35. The van der Waals surface area contributed by atoms with Crippen molar-refractivity contribution in [2.45, 2.75) is 45.3 Å². The quantitative estimate of drug-likeness (QED) is 0.891. The molecule has 20 heavy (non-hydrogen) atoms. The fourth-order valence-electron chi connectivity index (χ4n) is 3.17. The molecule has 0 aliphatic carbocycles. The van der Waals surface area contributed by atoms with Crippen LogP contribution in [0.15, 0.2) is 29.1 Å². The van der Waals surface area contributed by atoms with Crippen molar-refractivity contribution in [1.29, 1.82) is 0 Å². The number of likely N-dealkylation sites (tertiary alicyclic amines) is 1. The first-order valence-corrected chi connectivity index (χ1v) is 7.46. The molecule has 2 heterocycles. The summed E-state index contributed by atoms with van der Waals surface area (Å²) in [6, 6.07) is 8.05. The van der Waals surface area contributed by atoms with Gasteiger partial charge in [0.1, 0.15) is 5.52 Å². The van der Waals surface area contributed by atoms with Crippen molar-refractivity contribution >= 4 is 10.9 Å². The zero-order valence-electron chi connectivity index (χ0n) is 11.9. The van der Waals surface area contributed by atoms with E-state index in [1.165, 1.54) is 28.8 Å². The van der Waals surface area contributed by atoms with Crippen molar-refractivity contribution < 1.29 is 4.90 Å². The van der Waals surface area contributed by atoms with Crippen LogP contribution in [0.2, 0.25) is 0 Å². The minimum absolute atomic E-state index is 0.0245. The van der Waals surface area contributed by atoms with E-state index in [-0.39, 0.29) is 5.56 Å². The first-order chi connectivity index (χ1) is 9.79. The second kappa shape index (κ2) is 5.71. The van der Waals surface area contributed by atoms with E-state index in [0.717, 1.165) is 13.0 Å². The van der Waals surface area contributed by atoms with Crippen molar-refractivity contribution in [1.82, 2.24) is 15.0 Å². The van der Waals surface area contributed by atoms with Crippen molar-refractivity contribution in [3.05, 3.63) is 34.6 Å². The van der Waals surface area contributed by atoms with E-state index in [0.29, 0.717) is 23.6 Å². The molecular weight excluding hydrogens is 252 g/mol. The normalized spacial score (nSPS) is 23.1. The number of fused-ring (bicyclic) bond motifs is 1. The predicted molar refractivity (Wildman–Crippen MR) is 77.6 cm³/mol. The molecule has 3 rings (SSSR count). The van der Waals surface area contributed by atoms with Crippen molar-refractivity contribution in [2.24, 2.45) is 0 Å². The number of nitrogens with zero attached hydrogens (tertiary/aromatic N) is 3. The molecule has 1 aliphatic heterocycles. The van der Waals surface area contributed by atoms with Gasteiger partial charge in [-0.1, -0.05) is 24.3 Å². The Kier molecular flexibility index (Phi) is 3.78. The third-order valence-corrected chi connectivity index (χ3v) is 4.35. The predicted octanol–water partition coefficient (Wildman–Crippen LogP) is 0.596. The van der Waals surface area contributed by atoms with Gasteiger partial charge in [0, 0.05) is 0 Å². The lowest BCUT2D eigenvalue weighted by molar-refractivity contribution is -0.953. The van der Waals surface area contributed by atoms with E-state index in [4.69, 9.17) is 0 Å². The van der Waals surface area contributed by atoms with Crippen LogP contribution in [-0.2, 0) is 6.67 Å². The standard InChI is InChI=1S/C15H20N4O/c1-2-12-7-5-6-10-18(12)11-19-15(20)13-8-3-4-9-14(13)16-17-19/h3-4,8-9,12H,2,5-7,10-11H2,1H3/p+1/t12-/m1/s1. The van der Waals surface area contributed by atoms with Crippen LogP contribution in [0.4, 0.5) is 0 Å². The van der Waals surface area contributed by atoms with Crippen molar-refractivity contribution in [2.75, 3.05) is 6.54 Å². The highest BCUT2D eigenvalue weighted by Gasteiger charge is 2.25. The summed E-state index contributed by atoms with van der Waals surface area (Å²) in [5, 5.41) is 8.92. The zero-order valence-corrected chi connectivity index (χ0v) is 11.9. The summed E-state index contributed by atoms with van der Waals surface area (Å²) in [6.07, 6.45) is 4.95. The molecule has 1 aromatic carbocycles. The molecule has 1 aliphatic rings. The number of aromatic nitrogens is 3. The first kappa shape index (κ1) is 13.2. The Morgan fingerprint density at radius 3 is 3.05 bits per heavy atom. The number of hydrogen-bond acceptors (Lipinski definition) is 3. The Bertz CT molecular complexity index is 652. The summed E-state index contributed by atoms with van der Waals surface area (Å²) in [4.78, 5) is 13.9. The van der Waals surface area contributed by atoms with Crippen LogP contribution < -0.4 is 10.5 Å². The Morgan fingerprint density at radius 1 is 1.35 bits per heavy atom. The van der Waals surface area contributed by atoms with Gasteiger partial charge in [-0.15, -0.1) is 5.10 Å². The van der Waals surface area contributed by atoms with Gasteiger partial charge in [0.05, 0.1) is 18.0 Å². The van der Waals surface area contributed by atoms with Gasteiger partial charge >= 0.3 is 0 Å². The highest BCUT2D eigenvalue weighted by Crippen LogP contribution is 2.06. The summed E-state index contributed by atoms with van der Waals surface area (Å²) in [7, 11) is 0. The highest BCUT2D eigenvalue weighted by molar-refractivity contribution is 5.76. The maximum absolute atomic E-state index is 12.4. The van der Waals surface area contributed by atoms with Crippen LogP contribution in [0, 0.1) is 0 Å². The number of quaternary nitrogens is 1. The van der Waals surface area contributed by atoms with E-state index in [9.17, 15) is 4.79 Å². The molecule has 1 saturated heterocycles. The second-order valence-electron chi connectivity index (χ2n) is 5.58. The van der Waals surface area contributed by atoms with Gasteiger partial charge in [-0.2, -0.15) is 4.68 Å². The third kappa shape index (κ3) is 2.45. The van der Waals surface area contributed by atoms with E-state index >= 15 is 0 Å². The van der Waals surface area contributed by atoms with Crippen LogP contribution in [0.25, 0.3) is 10.9 Å². The molecule has 2 atom stereocenters. The van der Waals surface area contributed by atoms with Crippen LogP contribution in [-0.4, -0.2) is 27.6 Å². The minimum atomic E-state index is -0.0245. The Balaban J connectivity index is 1.90. The maximum Gasteiger partial charge on any atom is 0.282 e. The SMILES string of the molecule is CC[C@@H]1CCCC[NH+]1Cn1nnc2ccccc2c1=O. The average Bonchev–Trinajstić information content (AvgIpc) is 2.51. The molecule has 106 valence electrons. The van der Waals surface area contributed by atoms with Gasteiger partial charge in [0.2, 0.25) is 0 Å². The summed E-state index contributed by atoms with van der Waals surface area (Å²) in [6.45, 7) is 3.99. The monoisotopic (exact) mass is 273 g/mol. The Labute approximate surface area is 118 Å². The lowest BCUT2D eigenvalue weighted by atomic mass is 10.0. The summed E-state index contributed by atoms with van der Waals surface area (Å²) < 4.78 is 1.53. The van der Waals surface area contributed by atoms with Gasteiger partial charge in [0.25, 0.3) is 5.56 Å². The van der Waals surface area contributed by atoms with E-state index in [1.807, 2.05) is 24.3 Å². The van der Waals surface area contributed by atoms with E-state index in [1.54, 1.807) is 0 Å². The Hall–Kier alpha value is -1.75. The minimum Gasteiger partial charge on any atom is -0.314 e. The van der Waals surface area contributed by atoms with E-state index in [2.05, 4.69) is 17.2 Å². The van der Waals surface area contributed by atoms with Crippen LogP contribution in [0.5, 0.6) is 0 Å². The van der Waals surface area contributed by atoms with Gasteiger partial charge in [-0.25, -0.2) is 0 Å². The molecule has 0 spiro atoms. The van der Waals surface area contributed by atoms with Gasteiger partial charge in [-0.3, -0.25) is 4.79 Å². The lowest BCUT2D eigenvalue weighted by Gasteiger charge is -2.31. The molecule has 1 aromatic heterocycles. The fraction of sp³-hybridized carbons (Fsp3) is 0.533. The molecule has 1 N–H and O–H groups in total. The number of nitrogens with one attached hydrogen (secondary N) is 1. The number of rotatable bonds is 3. The number of benzene rings is 1. The van der Waals surface area contributed by atoms with Crippen molar-refractivity contribution in [3.8, 4) is 0 Å². The molecule has 0 amide bonds. The van der Waals surface area contributed by atoms with Gasteiger partial charge in [0.15, 0.2) is 6.67 Å². The molecule has 0 radical (unpaired) electrons. The van der Waals surface area contributed by atoms with Crippen LogP contribution in [0.1, 0.15) is 32.6 Å². The second-order valence-corrected chi connectivity index (χ2v) is 5.58. The molecule has 0 saturated carbocycles. The smallest absolute Gasteiger partial charge is 0.282 e. The summed E-state index contributed by atoms with van der Waals surface area (Å²) in [5.74, 6) is 0. The van der Waals surface area contributed by atoms with Gasteiger partial charge < -0.3 is 4.90 Å². The van der Waals surface area contributed by atoms with E-state index < -0.39 is 0 Å². The number of hydrogen-bond donors (Lipinski definition) is 1. The largest absolute Gasteiger partial charge is 0.314 e. The number of piperidine rings is 1. The van der Waals surface area contributed by atoms with Gasteiger partial charge in [-0.05, 0) is 37.8 Å². The molecule has 5 nitrogen and oxygen atoms in total. The molecule has 2 aromatic rings. The molecule has 1 fully saturated rings. The Morgan fingerprint density at radius 2 is 2.20 bits per heavy atom. The maximum atomic E-state index is 12.4.